The normalized spacial score (nSPS) is 18.2. The number of aromatic carboxylic acids is 1. The number of hydrogen-bond acceptors (Lipinski definition) is 3. The number of fused-ring (bicyclic) bond motifs is 1. The first-order chi connectivity index (χ1) is 9.22. The van der Waals surface area contributed by atoms with E-state index in [1.807, 2.05) is 18.6 Å². The first-order valence-electron chi connectivity index (χ1n) is 6.53. The van der Waals surface area contributed by atoms with Crippen molar-refractivity contribution in [1.29, 1.82) is 0 Å². The van der Waals surface area contributed by atoms with Crippen molar-refractivity contribution in [3.8, 4) is 0 Å². The van der Waals surface area contributed by atoms with Crippen molar-refractivity contribution >= 4 is 17.3 Å². The van der Waals surface area contributed by atoms with Crippen molar-refractivity contribution in [2.24, 2.45) is 5.92 Å². The number of nitrogens with zero attached hydrogens (tertiary/aromatic N) is 2. The van der Waals surface area contributed by atoms with Gasteiger partial charge in [0.25, 0.3) is 0 Å². The molecule has 0 saturated heterocycles. The molecule has 0 aliphatic heterocycles. The summed E-state index contributed by atoms with van der Waals surface area (Å²) in [5.74, 6) is -0.138. The van der Waals surface area contributed by atoms with Gasteiger partial charge in [0.15, 0.2) is 0 Å². The summed E-state index contributed by atoms with van der Waals surface area (Å²) in [5.41, 5.74) is 1.25. The van der Waals surface area contributed by atoms with Crippen LogP contribution >= 0.6 is 11.3 Å². The van der Waals surface area contributed by atoms with E-state index in [1.54, 1.807) is 6.20 Å². The maximum atomic E-state index is 11.0. The predicted octanol–water partition coefficient (Wildman–Crippen LogP) is 2.84. The molecular weight excluding hydrogens is 260 g/mol. The molecule has 100 valence electrons. The Morgan fingerprint density at radius 2 is 2.47 bits per heavy atom. The van der Waals surface area contributed by atoms with E-state index in [0.717, 1.165) is 25.8 Å². The molecular formula is C14H16N2O2S. The molecule has 2 aromatic heterocycles. The highest BCUT2D eigenvalue weighted by Crippen LogP contribution is 2.33. The van der Waals surface area contributed by atoms with Crippen molar-refractivity contribution in [2.45, 2.75) is 32.2 Å². The highest BCUT2D eigenvalue weighted by atomic mass is 32.1. The summed E-state index contributed by atoms with van der Waals surface area (Å²) in [5, 5.41) is 9.03. The SMILES string of the molecule is O=C(O)c1cc2c(s1)CCC(CCn1ccnc1)C2. The van der Waals surface area contributed by atoms with Crippen molar-refractivity contribution in [1.82, 2.24) is 9.55 Å². The van der Waals surface area contributed by atoms with Crippen LogP contribution in [0, 0.1) is 5.92 Å². The molecule has 1 unspecified atom stereocenters. The first-order valence-corrected chi connectivity index (χ1v) is 7.34. The van der Waals surface area contributed by atoms with Crippen LogP contribution in [0.25, 0.3) is 0 Å². The molecule has 0 radical (unpaired) electrons. The van der Waals surface area contributed by atoms with Crippen LogP contribution < -0.4 is 0 Å². The van der Waals surface area contributed by atoms with Gasteiger partial charge >= 0.3 is 5.97 Å². The summed E-state index contributed by atoms with van der Waals surface area (Å²) in [6.45, 7) is 0.996. The van der Waals surface area contributed by atoms with Crippen molar-refractivity contribution < 1.29 is 9.90 Å². The molecule has 0 bridgehead atoms. The number of carbonyl (C=O) groups is 1. The third-order valence-electron chi connectivity index (χ3n) is 3.75. The van der Waals surface area contributed by atoms with Crippen LogP contribution in [-0.4, -0.2) is 20.6 Å². The van der Waals surface area contributed by atoms with Crippen LogP contribution in [-0.2, 0) is 19.4 Å². The molecule has 2 heterocycles. The molecule has 1 N–H and O–H groups in total. The van der Waals surface area contributed by atoms with Gasteiger partial charge in [-0.2, -0.15) is 0 Å². The second-order valence-electron chi connectivity index (χ2n) is 5.06. The van der Waals surface area contributed by atoms with E-state index in [9.17, 15) is 4.79 Å². The molecule has 0 fully saturated rings. The Hall–Kier alpha value is -1.62. The molecule has 0 amide bonds. The number of hydrogen-bond donors (Lipinski definition) is 1. The average molecular weight is 276 g/mol. The zero-order valence-electron chi connectivity index (χ0n) is 10.6. The fourth-order valence-electron chi connectivity index (χ4n) is 2.70. The monoisotopic (exact) mass is 276 g/mol. The standard InChI is InChI=1S/C14H16N2O2S/c17-14(18)13-8-11-7-10(1-2-12(11)19-13)3-5-16-6-4-15-9-16/h4,6,8-10H,1-3,5,7H2,(H,17,18). The summed E-state index contributed by atoms with van der Waals surface area (Å²) in [4.78, 5) is 16.8. The smallest absolute Gasteiger partial charge is 0.345 e. The Morgan fingerprint density at radius 3 is 3.21 bits per heavy atom. The number of imidazole rings is 1. The lowest BCUT2D eigenvalue weighted by atomic mass is 9.86. The molecule has 0 aromatic carbocycles. The van der Waals surface area contributed by atoms with Gasteiger partial charge in [-0.3, -0.25) is 0 Å². The largest absolute Gasteiger partial charge is 0.477 e. The number of rotatable bonds is 4. The summed E-state index contributed by atoms with van der Waals surface area (Å²) < 4.78 is 2.10. The highest BCUT2D eigenvalue weighted by molar-refractivity contribution is 7.14. The number of carboxylic acid groups (broad SMARTS) is 1. The van der Waals surface area contributed by atoms with E-state index >= 15 is 0 Å². The van der Waals surface area contributed by atoms with Crippen molar-refractivity contribution in [2.75, 3.05) is 0 Å². The summed E-state index contributed by atoms with van der Waals surface area (Å²) >= 11 is 1.45. The van der Waals surface area contributed by atoms with Gasteiger partial charge in [0.05, 0.1) is 6.33 Å². The second-order valence-corrected chi connectivity index (χ2v) is 6.20. The minimum absolute atomic E-state index is 0.486. The van der Waals surface area contributed by atoms with Crippen LogP contribution in [0.3, 0.4) is 0 Å². The van der Waals surface area contributed by atoms with Crippen molar-refractivity contribution in [3.63, 3.8) is 0 Å². The molecule has 1 aliphatic rings. The number of aryl methyl sites for hydroxylation is 2. The van der Waals surface area contributed by atoms with E-state index in [-0.39, 0.29) is 0 Å². The molecule has 4 nitrogen and oxygen atoms in total. The van der Waals surface area contributed by atoms with E-state index < -0.39 is 5.97 Å². The first kappa shape index (κ1) is 12.4. The Balaban J connectivity index is 1.63. The molecule has 19 heavy (non-hydrogen) atoms. The minimum Gasteiger partial charge on any atom is -0.477 e. The number of thiophene rings is 1. The van der Waals surface area contributed by atoms with Crippen LogP contribution in [0.5, 0.6) is 0 Å². The number of carboxylic acids is 1. The van der Waals surface area contributed by atoms with E-state index in [0.29, 0.717) is 10.8 Å². The van der Waals surface area contributed by atoms with Gasteiger partial charge < -0.3 is 9.67 Å². The zero-order valence-corrected chi connectivity index (χ0v) is 11.4. The predicted molar refractivity (Wildman–Crippen MR) is 73.6 cm³/mol. The molecule has 5 heteroatoms. The lowest BCUT2D eigenvalue weighted by molar-refractivity contribution is 0.0702. The van der Waals surface area contributed by atoms with Gasteiger partial charge in [-0.1, -0.05) is 0 Å². The summed E-state index contributed by atoms with van der Waals surface area (Å²) in [6.07, 6.45) is 9.99. The zero-order chi connectivity index (χ0) is 13.2. The van der Waals surface area contributed by atoms with Crippen LogP contribution in [0.15, 0.2) is 24.8 Å². The molecule has 0 saturated carbocycles. The highest BCUT2D eigenvalue weighted by Gasteiger charge is 2.22. The van der Waals surface area contributed by atoms with Crippen molar-refractivity contribution in [3.05, 3.63) is 40.1 Å². The maximum Gasteiger partial charge on any atom is 0.345 e. The van der Waals surface area contributed by atoms with E-state index in [1.165, 1.54) is 28.2 Å². The quantitative estimate of drug-likeness (QED) is 0.934. The van der Waals surface area contributed by atoms with Gasteiger partial charge in [-0.05, 0) is 43.2 Å². The molecule has 0 spiro atoms. The van der Waals surface area contributed by atoms with Crippen LogP contribution in [0.4, 0.5) is 0 Å². The summed E-state index contributed by atoms with van der Waals surface area (Å²) in [7, 11) is 0. The second kappa shape index (κ2) is 5.17. The fraction of sp³-hybridized carbons (Fsp3) is 0.429. The average Bonchev–Trinajstić information content (AvgIpc) is 3.04. The van der Waals surface area contributed by atoms with Crippen LogP contribution in [0.2, 0.25) is 0 Å². The Labute approximate surface area is 115 Å². The molecule has 1 aliphatic carbocycles. The Kier molecular flexibility index (Phi) is 3.38. The Bertz CT molecular complexity index is 574. The third kappa shape index (κ3) is 2.71. The van der Waals surface area contributed by atoms with Gasteiger partial charge in [-0.25, -0.2) is 9.78 Å². The topological polar surface area (TPSA) is 55.1 Å². The van der Waals surface area contributed by atoms with E-state index in [2.05, 4.69) is 9.55 Å². The fourth-order valence-corrected chi connectivity index (χ4v) is 3.75. The molecule has 3 rings (SSSR count). The third-order valence-corrected chi connectivity index (χ3v) is 4.98. The van der Waals surface area contributed by atoms with Gasteiger partial charge in [0.1, 0.15) is 4.88 Å². The van der Waals surface area contributed by atoms with Crippen LogP contribution in [0.1, 0.15) is 33.0 Å². The minimum atomic E-state index is -0.797. The lowest BCUT2D eigenvalue weighted by Crippen LogP contribution is -2.14. The Morgan fingerprint density at radius 1 is 1.58 bits per heavy atom. The number of aromatic nitrogens is 2. The van der Waals surface area contributed by atoms with E-state index in [4.69, 9.17) is 5.11 Å². The lowest BCUT2D eigenvalue weighted by Gasteiger charge is -2.22. The van der Waals surface area contributed by atoms with Gasteiger partial charge in [-0.15, -0.1) is 11.3 Å². The van der Waals surface area contributed by atoms with Gasteiger partial charge in [0, 0.05) is 23.8 Å². The molecule has 2 aromatic rings. The van der Waals surface area contributed by atoms with Gasteiger partial charge in [0.2, 0.25) is 0 Å². The molecule has 1 atom stereocenters. The summed E-state index contributed by atoms with van der Waals surface area (Å²) in [6, 6.07) is 1.87. The maximum absolute atomic E-state index is 11.0.